The summed E-state index contributed by atoms with van der Waals surface area (Å²) in [5.41, 5.74) is 1.65. The van der Waals surface area contributed by atoms with Crippen LogP contribution in [0.1, 0.15) is 60.9 Å². The van der Waals surface area contributed by atoms with Gasteiger partial charge in [-0.1, -0.05) is 32.9 Å². The zero-order valence-electron chi connectivity index (χ0n) is 17.5. The number of amides is 2. The topological polar surface area (TPSA) is 71.4 Å². The fourth-order valence-corrected chi connectivity index (χ4v) is 2.93. The number of pyridine rings is 1. The minimum absolute atomic E-state index is 0.00985. The van der Waals surface area contributed by atoms with Gasteiger partial charge >= 0.3 is 0 Å². The van der Waals surface area contributed by atoms with Crippen LogP contribution in [0.15, 0.2) is 41.3 Å². The van der Waals surface area contributed by atoms with Crippen LogP contribution in [-0.2, 0) is 12.5 Å². The average Bonchev–Trinajstić information content (AvgIpc) is 2.65. The van der Waals surface area contributed by atoms with Gasteiger partial charge in [-0.25, -0.2) is 0 Å². The Morgan fingerprint density at radius 3 is 2.11 bits per heavy atom. The lowest BCUT2D eigenvalue weighted by atomic mass is 9.87. The minimum atomic E-state index is -0.384. The number of rotatable bonds is 5. The predicted molar refractivity (Wildman–Crippen MR) is 112 cm³/mol. The highest BCUT2D eigenvalue weighted by Gasteiger charge is 2.18. The molecule has 6 nitrogen and oxygen atoms in total. The number of anilines is 1. The number of aryl methyl sites for hydroxylation is 1. The number of aromatic nitrogens is 1. The maximum Gasteiger partial charge on any atom is 0.274 e. The lowest BCUT2D eigenvalue weighted by Crippen LogP contribution is -2.32. The SMILES string of the molecule is CCN(CC)C(=O)c1cc(NC(=O)c2ccc(C(C)(C)C)cc2)c(=O)n(C)c1. The Morgan fingerprint density at radius 2 is 1.61 bits per heavy atom. The Kier molecular flexibility index (Phi) is 6.44. The van der Waals surface area contributed by atoms with Crippen LogP contribution >= 0.6 is 0 Å². The molecule has 150 valence electrons. The van der Waals surface area contributed by atoms with Gasteiger partial charge < -0.3 is 14.8 Å². The summed E-state index contributed by atoms with van der Waals surface area (Å²) >= 11 is 0. The number of nitrogens with one attached hydrogen (secondary N) is 1. The molecule has 2 aromatic rings. The van der Waals surface area contributed by atoms with E-state index in [0.717, 1.165) is 5.56 Å². The summed E-state index contributed by atoms with van der Waals surface area (Å²) in [7, 11) is 1.56. The Labute approximate surface area is 166 Å². The third kappa shape index (κ3) is 4.68. The monoisotopic (exact) mass is 383 g/mol. The second-order valence-corrected chi connectivity index (χ2v) is 7.82. The summed E-state index contributed by atoms with van der Waals surface area (Å²) in [6, 6.07) is 8.75. The molecular weight excluding hydrogens is 354 g/mol. The highest BCUT2D eigenvalue weighted by Crippen LogP contribution is 2.22. The Balaban J connectivity index is 2.31. The first-order valence-electron chi connectivity index (χ1n) is 9.50. The van der Waals surface area contributed by atoms with Gasteiger partial charge in [0, 0.05) is 31.9 Å². The molecule has 6 heteroatoms. The number of hydrogen-bond donors (Lipinski definition) is 1. The Morgan fingerprint density at radius 1 is 1.04 bits per heavy atom. The maximum absolute atomic E-state index is 12.6. The van der Waals surface area contributed by atoms with Crippen LogP contribution in [0.2, 0.25) is 0 Å². The third-order valence-electron chi connectivity index (χ3n) is 4.74. The predicted octanol–water partition coefficient (Wildman–Crippen LogP) is 3.42. The van der Waals surface area contributed by atoms with Crippen molar-refractivity contribution in [3.63, 3.8) is 0 Å². The van der Waals surface area contributed by atoms with Gasteiger partial charge in [-0.05, 0) is 43.0 Å². The van der Waals surface area contributed by atoms with Gasteiger partial charge in [-0.15, -0.1) is 0 Å². The molecule has 2 amide bonds. The van der Waals surface area contributed by atoms with E-state index >= 15 is 0 Å². The second kappa shape index (κ2) is 8.42. The number of nitrogens with zero attached hydrogens (tertiary/aromatic N) is 2. The Hall–Kier alpha value is -2.89. The van der Waals surface area contributed by atoms with E-state index in [9.17, 15) is 14.4 Å². The van der Waals surface area contributed by atoms with Crippen molar-refractivity contribution in [1.29, 1.82) is 0 Å². The quantitative estimate of drug-likeness (QED) is 0.860. The molecule has 0 bridgehead atoms. The second-order valence-electron chi connectivity index (χ2n) is 7.82. The van der Waals surface area contributed by atoms with Gasteiger partial charge in [0.2, 0.25) is 0 Å². The molecule has 0 unspecified atom stereocenters. The fraction of sp³-hybridized carbons (Fsp3) is 0.409. The van der Waals surface area contributed by atoms with E-state index in [1.165, 1.54) is 16.8 Å². The molecule has 0 aliphatic carbocycles. The lowest BCUT2D eigenvalue weighted by Gasteiger charge is -2.20. The normalized spacial score (nSPS) is 11.2. The van der Waals surface area contributed by atoms with Crippen molar-refractivity contribution in [2.24, 2.45) is 7.05 Å². The van der Waals surface area contributed by atoms with Gasteiger partial charge in [-0.3, -0.25) is 14.4 Å². The van der Waals surface area contributed by atoms with Gasteiger partial charge in [-0.2, -0.15) is 0 Å². The van der Waals surface area contributed by atoms with Crippen LogP contribution in [0.4, 0.5) is 5.69 Å². The van der Waals surface area contributed by atoms with Crippen molar-refractivity contribution in [3.05, 3.63) is 63.6 Å². The molecule has 2 rings (SSSR count). The molecule has 1 aromatic carbocycles. The van der Waals surface area contributed by atoms with Crippen LogP contribution in [0.25, 0.3) is 0 Å². The molecule has 1 heterocycles. The van der Waals surface area contributed by atoms with Crippen molar-refractivity contribution in [2.45, 2.75) is 40.0 Å². The van der Waals surface area contributed by atoms with Crippen LogP contribution < -0.4 is 10.9 Å². The van der Waals surface area contributed by atoms with Crippen molar-refractivity contribution in [3.8, 4) is 0 Å². The number of hydrogen-bond acceptors (Lipinski definition) is 3. The summed E-state index contributed by atoms with van der Waals surface area (Å²) in [4.78, 5) is 39.3. The molecule has 0 radical (unpaired) electrons. The van der Waals surface area contributed by atoms with Crippen LogP contribution in [0, 0.1) is 0 Å². The first-order chi connectivity index (χ1) is 13.1. The summed E-state index contributed by atoms with van der Waals surface area (Å²) in [6.07, 6.45) is 1.50. The van der Waals surface area contributed by atoms with Gasteiger partial charge in [0.1, 0.15) is 5.69 Å². The molecule has 28 heavy (non-hydrogen) atoms. The van der Waals surface area contributed by atoms with Crippen molar-refractivity contribution >= 4 is 17.5 Å². The van der Waals surface area contributed by atoms with Crippen LogP contribution in [0.3, 0.4) is 0 Å². The highest BCUT2D eigenvalue weighted by atomic mass is 16.2. The first-order valence-corrected chi connectivity index (χ1v) is 9.50. The third-order valence-corrected chi connectivity index (χ3v) is 4.74. The minimum Gasteiger partial charge on any atom is -0.339 e. The van der Waals surface area contributed by atoms with Gasteiger partial charge in [0.05, 0.1) is 5.56 Å². The molecule has 0 fully saturated rings. The van der Waals surface area contributed by atoms with Crippen molar-refractivity contribution < 1.29 is 9.59 Å². The summed E-state index contributed by atoms with van der Waals surface area (Å²) < 4.78 is 1.31. The van der Waals surface area contributed by atoms with E-state index in [2.05, 4.69) is 26.1 Å². The summed E-state index contributed by atoms with van der Waals surface area (Å²) in [6.45, 7) is 11.2. The molecule has 1 aromatic heterocycles. The number of carbonyl (C=O) groups is 2. The molecule has 0 saturated carbocycles. The zero-order chi connectivity index (χ0) is 21.1. The largest absolute Gasteiger partial charge is 0.339 e. The highest BCUT2D eigenvalue weighted by molar-refractivity contribution is 6.05. The molecule has 0 atom stereocenters. The molecule has 0 aliphatic rings. The van der Waals surface area contributed by atoms with Crippen LogP contribution in [0.5, 0.6) is 0 Å². The Bertz CT molecular complexity index is 918. The molecule has 1 N–H and O–H groups in total. The summed E-state index contributed by atoms with van der Waals surface area (Å²) in [5.74, 6) is -0.560. The standard InChI is InChI=1S/C22H29N3O3/c1-7-25(8-2)20(27)16-13-18(21(28)24(6)14-16)23-19(26)15-9-11-17(12-10-15)22(3,4)5/h9-14H,7-8H2,1-6H3,(H,23,26). The fourth-order valence-electron chi connectivity index (χ4n) is 2.93. The zero-order valence-corrected chi connectivity index (χ0v) is 17.5. The van der Waals surface area contributed by atoms with Crippen molar-refractivity contribution in [1.82, 2.24) is 9.47 Å². The van der Waals surface area contributed by atoms with Gasteiger partial charge in [0.25, 0.3) is 17.4 Å². The van der Waals surface area contributed by atoms with Crippen LogP contribution in [-0.4, -0.2) is 34.4 Å². The van der Waals surface area contributed by atoms with E-state index in [1.807, 2.05) is 26.0 Å². The summed E-state index contributed by atoms with van der Waals surface area (Å²) in [5, 5.41) is 2.65. The number of carbonyl (C=O) groups excluding carboxylic acids is 2. The molecule has 0 aliphatic heterocycles. The molecule has 0 spiro atoms. The van der Waals surface area contributed by atoms with E-state index in [-0.39, 0.29) is 28.5 Å². The lowest BCUT2D eigenvalue weighted by molar-refractivity contribution is 0.0771. The van der Waals surface area contributed by atoms with E-state index in [4.69, 9.17) is 0 Å². The van der Waals surface area contributed by atoms with Gasteiger partial charge in [0.15, 0.2) is 0 Å². The van der Waals surface area contributed by atoms with Crippen molar-refractivity contribution in [2.75, 3.05) is 18.4 Å². The average molecular weight is 383 g/mol. The molecular formula is C22H29N3O3. The number of benzene rings is 1. The maximum atomic E-state index is 12.6. The smallest absolute Gasteiger partial charge is 0.274 e. The van der Waals surface area contributed by atoms with E-state index in [1.54, 1.807) is 24.1 Å². The first kappa shape index (κ1) is 21.4. The van der Waals surface area contributed by atoms with E-state index in [0.29, 0.717) is 24.2 Å². The molecule has 0 saturated heterocycles. The van der Waals surface area contributed by atoms with E-state index < -0.39 is 0 Å².